The number of hydrogen-bond donors (Lipinski definition) is 1. The van der Waals surface area contributed by atoms with Gasteiger partial charge in [-0.2, -0.15) is 0 Å². The van der Waals surface area contributed by atoms with Crippen LogP contribution in [0, 0.1) is 0 Å². The van der Waals surface area contributed by atoms with E-state index in [0.29, 0.717) is 11.6 Å². The van der Waals surface area contributed by atoms with Gasteiger partial charge < -0.3 is 14.8 Å². The third kappa shape index (κ3) is 3.84. The Bertz CT molecular complexity index is 578. The van der Waals surface area contributed by atoms with Crippen LogP contribution in [0.25, 0.3) is 0 Å². The smallest absolute Gasteiger partial charge is 0.224 e. The van der Waals surface area contributed by atoms with E-state index in [4.69, 9.17) is 9.47 Å². The molecule has 1 aromatic carbocycles. The first-order valence-corrected chi connectivity index (χ1v) is 7.09. The predicted molar refractivity (Wildman–Crippen MR) is 81.6 cm³/mol. The van der Waals surface area contributed by atoms with Gasteiger partial charge in [0.15, 0.2) is 0 Å². The van der Waals surface area contributed by atoms with E-state index in [1.807, 2.05) is 18.2 Å². The van der Waals surface area contributed by atoms with E-state index in [1.54, 1.807) is 13.2 Å². The van der Waals surface area contributed by atoms with Gasteiger partial charge in [0, 0.05) is 12.6 Å². The number of aromatic nitrogens is 2. The molecule has 0 spiro atoms. The van der Waals surface area contributed by atoms with E-state index in [1.165, 1.54) is 6.33 Å². The molecule has 20 heavy (non-hydrogen) atoms. The summed E-state index contributed by atoms with van der Waals surface area (Å²) in [5.74, 6) is 2.68. The molecule has 1 heterocycles. The van der Waals surface area contributed by atoms with Gasteiger partial charge in [-0.05, 0) is 40.5 Å². The number of ether oxygens (including phenoxy) is 2. The second-order valence-corrected chi connectivity index (χ2v) is 4.92. The van der Waals surface area contributed by atoms with E-state index in [0.717, 1.165) is 29.0 Å². The number of halogens is 1. The Hall–Kier alpha value is -1.82. The molecule has 0 aliphatic carbocycles. The average Bonchev–Trinajstić information content (AvgIpc) is 2.47. The molecular weight excluding hydrogens is 322 g/mol. The molecule has 0 bridgehead atoms. The molecule has 2 rings (SSSR count). The predicted octanol–water partition coefficient (Wildman–Crippen LogP) is 3.86. The molecule has 0 unspecified atom stereocenters. The Balaban J connectivity index is 2.13. The number of anilines is 1. The van der Waals surface area contributed by atoms with Crippen LogP contribution in [0.5, 0.6) is 17.4 Å². The second kappa shape index (κ2) is 7.09. The first kappa shape index (κ1) is 14.6. The molecule has 0 saturated heterocycles. The lowest BCUT2D eigenvalue weighted by atomic mass is 10.3. The molecular formula is C14H16BrN3O2. The van der Waals surface area contributed by atoms with Crippen molar-refractivity contribution in [3.63, 3.8) is 0 Å². The van der Waals surface area contributed by atoms with Gasteiger partial charge in [-0.3, -0.25) is 0 Å². The van der Waals surface area contributed by atoms with E-state index < -0.39 is 0 Å². The van der Waals surface area contributed by atoms with Gasteiger partial charge in [-0.25, -0.2) is 9.97 Å². The van der Waals surface area contributed by atoms with Crippen molar-refractivity contribution >= 4 is 21.7 Å². The van der Waals surface area contributed by atoms with Crippen molar-refractivity contribution in [2.75, 3.05) is 19.0 Å². The summed E-state index contributed by atoms with van der Waals surface area (Å²) in [5.41, 5.74) is 0. The largest absolute Gasteiger partial charge is 0.497 e. The van der Waals surface area contributed by atoms with Gasteiger partial charge >= 0.3 is 0 Å². The molecule has 0 saturated carbocycles. The molecule has 0 amide bonds. The van der Waals surface area contributed by atoms with Crippen LogP contribution in [0.15, 0.2) is 35.1 Å². The first-order valence-electron chi connectivity index (χ1n) is 6.30. The van der Waals surface area contributed by atoms with Gasteiger partial charge in [0.2, 0.25) is 5.88 Å². The molecule has 2 aromatic rings. The molecule has 1 aromatic heterocycles. The van der Waals surface area contributed by atoms with Crippen molar-refractivity contribution in [1.82, 2.24) is 9.97 Å². The number of benzene rings is 1. The minimum atomic E-state index is 0.490. The third-order valence-corrected chi connectivity index (χ3v) is 3.17. The van der Waals surface area contributed by atoms with Crippen LogP contribution in [-0.2, 0) is 0 Å². The van der Waals surface area contributed by atoms with Crippen LogP contribution in [0.4, 0.5) is 5.82 Å². The fourth-order valence-electron chi connectivity index (χ4n) is 1.55. The minimum absolute atomic E-state index is 0.490. The molecule has 1 N–H and O–H groups in total. The lowest BCUT2D eigenvalue weighted by molar-refractivity contribution is 0.411. The Morgan fingerprint density at radius 2 is 2.10 bits per heavy atom. The maximum atomic E-state index is 5.74. The molecule has 0 radical (unpaired) electrons. The maximum Gasteiger partial charge on any atom is 0.224 e. The standard InChI is InChI=1S/C14H16BrN3O2/c1-3-6-16-13-8-14(18-9-17-13)20-12-5-4-10(19-2)7-11(12)15/h4-5,7-9H,3,6H2,1-2H3,(H,16,17,18). The fourth-order valence-corrected chi connectivity index (χ4v) is 1.99. The Morgan fingerprint density at radius 3 is 2.80 bits per heavy atom. The van der Waals surface area contributed by atoms with Crippen molar-refractivity contribution in [1.29, 1.82) is 0 Å². The van der Waals surface area contributed by atoms with E-state index >= 15 is 0 Å². The van der Waals surface area contributed by atoms with Crippen LogP contribution in [0.1, 0.15) is 13.3 Å². The van der Waals surface area contributed by atoms with Crippen LogP contribution >= 0.6 is 15.9 Å². The highest BCUT2D eigenvalue weighted by molar-refractivity contribution is 9.10. The van der Waals surface area contributed by atoms with Crippen molar-refractivity contribution in [2.45, 2.75) is 13.3 Å². The van der Waals surface area contributed by atoms with Crippen molar-refractivity contribution < 1.29 is 9.47 Å². The number of nitrogens with zero attached hydrogens (tertiary/aromatic N) is 2. The zero-order valence-corrected chi connectivity index (χ0v) is 13.0. The topological polar surface area (TPSA) is 56.3 Å². The number of rotatable bonds is 6. The lowest BCUT2D eigenvalue weighted by Crippen LogP contribution is -2.02. The summed E-state index contributed by atoms with van der Waals surface area (Å²) in [6, 6.07) is 7.26. The molecule has 5 nitrogen and oxygen atoms in total. The van der Waals surface area contributed by atoms with Crippen molar-refractivity contribution in [3.8, 4) is 17.4 Å². The summed E-state index contributed by atoms with van der Waals surface area (Å²) < 4.78 is 11.7. The second-order valence-electron chi connectivity index (χ2n) is 4.07. The zero-order valence-electron chi connectivity index (χ0n) is 11.4. The van der Waals surface area contributed by atoms with Crippen LogP contribution in [0.3, 0.4) is 0 Å². The Labute approximate surface area is 126 Å². The highest BCUT2D eigenvalue weighted by Gasteiger charge is 2.06. The summed E-state index contributed by atoms with van der Waals surface area (Å²) in [5, 5.41) is 3.19. The highest BCUT2D eigenvalue weighted by atomic mass is 79.9. The van der Waals surface area contributed by atoms with E-state index in [9.17, 15) is 0 Å². The number of nitrogens with one attached hydrogen (secondary N) is 1. The highest BCUT2D eigenvalue weighted by Crippen LogP contribution is 2.32. The summed E-state index contributed by atoms with van der Waals surface area (Å²) in [4.78, 5) is 8.24. The molecule has 0 fully saturated rings. The van der Waals surface area contributed by atoms with E-state index in [-0.39, 0.29) is 0 Å². The lowest BCUT2D eigenvalue weighted by Gasteiger charge is -2.09. The monoisotopic (exact) mass is 337 g/mol. The van der Waals surface area contributed by atoms with Gasteiger partial charge in [-0.15, -0.1) is 0 Å². The van der Waals surface area contributed by atoms with Crippen LogP contribution < -0.4 is 14.8 Å². The van der Waals surface area contributed by atoms with E-state index in [2.05, 4.69) is 38.1 Å². The molecule has 106 valence electrons. The van der Waals surface area contributed by atoms with Gasteiger partial charge in [0.05, 0.1) is 11.6 Å². The molecule has 0 atom stereocenters. The molecule has 0 aliphatic heterocycles. The summed E-state index contributed by atoms with van der Waals surface area (Å²) in [6.45, 7) is 2.96. The summed E-state index contributed by atoms with van der Waals surface area (Å²) >= 11 is 3.44. The Morgan fingerprint density at radius 1 is 1.25 bits per heavy atom. The van der Waals surface area contributed by atoms with Crippen LogP contribution in [0.2, 0.25) is 0 Å². The van der Waals surface area contributed by atoms with Gasteiger partial charge in [0.25, 0.3) is 0 Å². The number of methoxy groups -OCH3 is 1. The maximum absolute atomic E-state index is 5.74. The summed E-state index contributed by atoms with van der Waals surface area (Å²) in [7, 11) is 1.62. The van der Waals surface area contributed by atoms with Crippen molar-refractivity contribution in [3.05, 3.63) is 35.1 Å². The van der Waals surface area contributed by atoms with Gasteiger partial charge in [0.1, 0.15) is 23.6 Å². The normalized spacial score (nSPS) is 10.2. The Kier molecular flexibility index (Phi) is 5.17. The quantitative estimate of drug-likeness (QED) is 0.867. The van der Waals surface area contributed by atoms with Crippen molar-refractivity contribution in [2.24, 2.45) is 0 Å². The SMILES string of the molecule is CCCNc1cc(Oc2ccc(OC)cc2Br)ncn1. The molecule has 6 heteroatoms. The first-order chi connectivity index (χ1) is 9.72. The average molecular weight is 338 g/mol. The number of hydrogen-bond acceptors (Lipinski definition) is 5. The third-order valence-electron chi connectivity index (χ3n) is 2.55. The molecule has 0 aliphatic rings. The summed E-state index contributed by atoms with van der Waals surface area (Å²) in [6.07, 6.45) is 2.51. The zero-order chi connectivity index (χ0) is 14.4. The minimum Gasteiger partial charge on any atom is -0.497 e. The van der Waals surface area contributed by atoms with Gasteiger partial charge in [-0.1, -0.05) is 6.92 Å². The fraction of sp³-hybridized carbons (Fsp3) is 0.286. The van der Waals surface area contributed by atoms with Crippen LogP contribution in [-0.4, -0.2) is 23.6 Å².